The molecule has 0 radical (unpaired) electrons. The molecule has 0 bridgehead atoms. The van der Waals surface area contributed by atoms with Gasteiger partial charge in [0.1, 0.15) is 12.0 Å². The molecule has 4 heteroatoms. The lowest BCUT2D eigenvalue weighted by molar-refractivity contribution is -0.120. The fourth-order valence-electron chi connectivity index (χ4n) is 1.68. The topological polar surface area (TPSA) is 46.6 Å². The van der Waals surface area contributed by atoms with Gasteiger partial charge in [-0.25, -0.2) is 0 Å². The van der Waals surface area contributed by atoms with Gasteiger partial charge in [0.05, 0.1) is 0 Å². The lowest BCUT2D eigenvalue weighted by Gasteiger charge is -2.17. The van der Waals surface area contributed by atoms with E-state index in [0.29, 0.717) is 11.3 Å². The van der Waals surface area contributed by atoms with E-state index in [9.17, 15) is 9.59 Å². The number of ether oxygens (including phenoxy) is 1. The van der Waals surface area contributed by atoms with E-state index in [4.69, 9.17) is 4.74 Å². The number of carbonyl (C=O) groups is 2. The molecule has 0 fully saturated rings. The number of para-hydroxylation sites is 1. The summed E-state index contributed by atoms with van der Waals surface area (Å²) in [5, 5.41) is 0. The highest BCUT2D eigenvalue weighted by Gasteiger charge is 2.11. The monoisotopic (exact) mass is 269 g/mol. The van der Waals surface area contributed by atoms with Crippen LogP contribution in [-0.4, -0.2) is 25.8 Å². The van der Waals surface area contributed by atoms with Crippen LogP contribution in [0.2, 0.25) is 0 Å². The molecule has 0 N–H and O–H groups in total. The van der Waals surface area contributed by atoms with Crippen LogP contribution >= 0.6 is 0 Å². The predicted octanol–water partition coefficient (Wildman–Crippen LogP) is 2.54. The van der Waals surface area contributed by atoms with Crippen molar-refractivity contribution in [2.45, 2.75) is 0 Å². The molecule has 0 aromatic heterocycles. The highest BCUT2D eigenvalue weighted by atomic mass is 16.5. The van der Waals surface area contributed by atoms with E-state index in [1.807, 2.05) is 30.3 Å². The fraction of sp³-hybridized carbons (Fsp3) is 0.125. The van der Waals surface area contributed by atoms with Crippen molar-refractivity contribution in [3.63, 3.8) is 0 Å². The molecule has 2 aromatic carbocycles. The van der Waals surface area contributed by atoms with Gasteiger partial charge in [-0.3, -0.25) is 9.59 Å². The van der Waals surface area contributed by atoms with Gasteiger partial charge in [0.2, 0.25) is 0 Å². The van der Waals surface area contributed by atoms with Gasteiger partial charge in [0, 0.05) is 18.3 Å². The van der Waals surface area contributed by atoms with Gasteiger partial charge in [0.25, 0.3) is 5.91 Å². The van der Waals surface area contributed by atoms with E-state index in [0.717, 1.165) is 12.0 Å². The Hall–Kier alpha value is -2.62. The van der Waals surface area contributed by atoms with E-state index in [1.54, 1.807) is 36.2 Å². The summed E-state index contributed by atoms with van der Waals surface area (Å²) < 4.78 is 5.40. The minimum Gasteiger partial charge on any atom is -0.484 e. The summed E-state index contributed by atoms with van der Waals surface area (Å²) in [6, 6.07) is 16.0. The number of benzene rings is 2. The zero-order valence-corrected chi connectivity index (χ0v) is 11.2. The van der Waals surface area contributed by atoms with Gasteiger partial charge < -0.3 is 9.64 Å². The molecule has 20 heavy (non-hydrogen) atoms. The van der Waals surface area contributed by atoms with Gasteiger partial charge in [-0.1, -0.05) is 18.2 Å². The second-order valence-electron chi connectivity index (χ2n) is 4.26. The molecule has 0 heterocycles. The molecule has 2 rings (SSSR count). The molecule has 0 saturated heterocycles. The normalized spacial score (nSPS) is 9.85. The van der Waals surface area contributed by atoms with Crippen molar-refractivity contribution >= 4 is 17.9 Å². The van der Waals surface area contributed by atoms with Gasteiger partial charge in [-0.2, -0.15) is 0 Å². The van der Waals surface area contributed by atoms with Crippen LogP contribution < -0.4 is 9.64 Å². The Morgan fingerprint density at radius 2 is 1.75 bits per heavy atom. The minimum absolute atomic E-state index is 0.0498. The average molecular weight is 269 g/mol. The summed E-state index contributed by atoms with van der Waals surface area (Å²) >= 11 is 0. The summed E-state index contributed by atoms with van der Waals surface area (Å²) in [6.45, 7) is -0.0498. The third-order valence-corrected chi connectivity index (χ3v) is 2.90. The standard InChI is InChI=1S/C16H15NO3/c1-17(14-5-3-2-4-6-14)16(19)12-20-15-9-7-13(11-18)8-10-15/h2-11H,12H2,1H3. The van der Waals surface area contributed by atoms with Crippen molar-refractivity contribution in [2.24, 2.45) is 0 Å². The first kappa shape index (κ1) is 13.8. The molecule has 4 nitrogen and oxygen atoms in total. The number of nitrogens with zero attached hydrogens (tertiary/aromatic N) is 1. The van der Waals surface area contributed by atoms with Crippen molar-refractivity contribution in [3.05, 3.63) is 60.2 Å². The molecule has 0 spiro atoms. The summed E-state index contributed by atoms with van der Waals surface area (Å²) in [7, 11) is 1.70. The molecule has 0 unspecified atom stereocenters. The number of hydrogen-bond donors (Lipinski definition) is 0. The number of anilines is 1. The third-order valence-electron chi connectivity index (χ3n) is 2.90. The SMILES string of the molecule is CN(C(=O)COc1ccc(C=O)cc1)c1ccccc1. The Kier molecular flexibility index (Phi) is 4.50. The first-order valence-corrected chi connectivity index (χ1v) is 6.20. The average Bonchev–Trinajstić information content (AvgIpc) is 2.53. The molecular formula is C16H15NO3. The van der Waals surface area contributed by atoms with E-state index in [-0.39, 0.29) is 12.5 Å². The van der Waals surface area contributed by atoms with Crippen LogP contribution in [0.15, 0.2) is 54.6 Å². The Morgan fingerprint density at radius 1 is 1.10 bits per heavy atom. The second kappa shape index (κ2) is 6.52. The number of aldehydes is 1. The van der Waals surface area contributed by atoms with E-state index in [1.165, 1.54) is 0 Å². The molecule has 102 valence electrons. The van der Waals surface area contributed by atoms with Crippen molar-refractivity contribution in [3.8, 4) is 5.75 Å². The van der Waals surface area contributed by atoms with Gasteiger partial charge >= 0.3 is 0 Å². The smallest absolute Gasteiger partial charge is 0.264 e. The second-order valence-corrected chi connectivity index (χ2v) is 4.26. The highest BCUT2D eigenvalue weighted by molar-refractivity contribution is 5.93. The maximum Gasteiger partial charge on any atom is 0.264 e. The lowest BCUT2D eigenvalue weighted by Crippen LogP contribution is -2.31. The molecule has 0 aliphatic carbocycles. The molecule has 1 amide bonds. The van der Waals surface area contributed by atoms with Crippen LogP contribution in [-0.2, 0) is 4.79 Å². The van der Waals surface area contributed by atoms with E-state index < -0.39 is 0 Å². The van der Waals surface area contributed by atoms with Crippen LogP contribution in [0.25, 0.3) is 0 Å². The van der Waals surface area contributed by atoms with Gasteiger partial charge in [-0.05, 0) is 36.4 Å². The molecule has 0 saturated carbocycles. The zero-order valence-electron chi connectivity index (χ0n) is 11.2. The number of hydrogen-bond acceptors (Lipinski definition) is 3. The van der Waals surface area contributed by atoms with E-state index >= 15 is 0 Å². The number of carbonyl (C=O) groups excluding carboxylic acids is 2. The Labute approximate surface area is 117 Å². The minimum atomic E-state index is -0.143. The Bertz CT molecular complexity index is 578. The highest BCUT2D eigenvalue weighted by Crippen LogP contribution is 2.13. The van der Waals surface area contributed by atoms with Crippen LogP contribution in [0, 0.1) is 0 Å². The first-order valence-electron chi connectivity index (χ1n) is 6.20. The molecule has 2 aromatic rings. The van der Waals surface area contributed by atoms with Gasteiger partial charge in [0.15, 0.2) is 6.61 Å². The molecular weight excluding hydrogens is 254 g/mol. The van der Waals surface area contributed by atoms with Crippen molar-refractivity contribution in [1.82, 2.24) is 0 Å². The summed E-state index contributed by atoms with van der Waals surface area (Å²) in [5.41, 5.74) is 1.39. The fourth-order valence-corrected chi connectivity index (χ4v) is 1.68. The quantitative estimate of drug-likeness (QED) is 0.784. The van der Waals surface area contributed by atoms with E-state index in [2.05, 4.69) is 0 Å². The Balaban J connectivity index is 1.93. The third kappa shape index (κ3) is 3.45. The number of amides is 1. The number of likely N-dealkylation sites (N-methyl/N-ethyl adjacent to an activating group) is 1. The largest absolute Gasteiger partial charge is 0.484 e. The van der Waals surface area contributed by atoms with Crippen LogP contribution in [0.4, 0.5) is 5.69 Å². The van der Waals surface area contributed by atoms with Crippen LogP contribution in [0.3, 0.4) is 0 Å². The molecule has 0 aliphatic rings. The van der Waals surface area contributed by atoms with Gasteiger partial charge in [-0.15, -0.1) is 0 Å². The summed E-state index contributed by atoms with van der Waals surface area (Å²) in [6.07, 6.45) is 0.762. The zero-order chi connectivity index (χ0) is 14.4. The molecule has 0 aliphatic heterocycles. The maximum absolute atomic E-state index is 12.0. The molecule has 0 atom stereocenters. The lowest BCUT2D eigenvalue weighted by atomic mass is 10.2. The summed E-state index contributed by atoms with van der Waals surface area (Å²) in [4.78, 5) is 24.1. The maximum atomic E-state index is 12.0. The van der Waals surface area contributed by atoms with Crippen LogP contribution in [0.1, 0.15) is 10.4 Å². The number of rotatable bonds is 5. The van der Waals surface area contributed by atoms with Crippen molar-refractivity contribution in [2.75, 3.05) is 18.6 Å². The van der Waals surface area contributed by atoms with Crippen molar-refractivity contribution < 1.29 is 14.3 Å². The Morgan fingerprint density at radius 3 is 2.35 bits per heavy atom. The first-order chi connectivity index (χ1) is 9.70. The van der Waals surface area contributed by atoms with Crippen LogP contribution in [0.5, 0.6) is 5.75 Å². The summed E-state index contributed by atoms with van der Waals surface area (Å²) in [5.74, 6) is 0.418. The van der Waals surface area contributed by atoms with Crippen molar-refractivity contribution in [1.29, 1.82) is 0 Å². The predicted molar refractivity (Wildman–Crippen MR) is 77.2 cm³/mol.